The van der Waals surface area contributed by atoms with Gasteiger partial charge in [-0.05, 0) is 5.56 Å². The summed E-state index contributed by atoms with van der Waals surface area (Å²) in [7, 11) is 0. The van der Waals surface area contributed by atoms with E-state index in [2.05, 4.69) is 5.32 Å². The van der Waals surface area contributed by atoms with Crippen molar-refractivity contribution in [2.45, 2.75) is 5.92 Å². The van der Waals surface area contributed by atoms with Gasteiger partial charge >= 0.3 is 0 Å². The van der Waals surface area contributed by atoms with Gasteiger partial charge in [0.15, 0.2) is 5.82 Å². The van der Waals surface area contributed by atoms with Gasteiger partial charge in [0, 0.05) is 13.1 Å². The zero-order valence-electron chi connectivity index (χ0n) is 11.1. The van der Waals surface area contributed by atoms with Crippen molar-refractivity contribution in [2.75, 3.05) is 13.1 Å². The van der Waals surface area contributed by atoms with Crippen molar-refractivity contribution in [3.8, 4) is 6.07 Å². The van der Waals surface area contributed by atoms with Crippen LogP contribution in [0.3, 0.4) is 0 Å². The molecule has 0 radical (unpaired) electrons. The number of allylic oxidation sites excluding steroid dienone is 1. The van der Waals surface area contributed by atoms with Crippen LogP contribution in [0.2, 0.25) is 0 Å². The molecule has 1 aromatic rings. The maximum atomic E-state index is 11.6. The van der Waals surface area contributed by atoms with E-state index in [1.54, 1.807) is 29.2 Å². The Morgan fingerprint density at radius 1 is 1.43 bits per heavy atom. The van der Waals surface area contributed by atoms with E-state index >= 15 is 0 Å². The van der Waals surface area contributed by atoms with E-state index in [9.17, 15) is 15.4 Å². The molecule has 0 bridgehead atoms. The van der Waals surface area contributed by atoms with Crippen molar-refractivity contribution in [1.29, 1.82) is 5.26 Å². The monoisotopic (exact) mass is 283 g/mol. The minimum Gasteiger partial charge on any atom is -0.384 e. The molecule has 0 spiro atoms. The Bertz CT molecular complexity index is 702. The van der Waals surface area contributed by atoms with E-state index in [-0.39, 0.29) is 17.1 Å². The Balaban J connectivity index is 2.25. The molecule has 1 unspecified atom stereocenters. The summed E-state index contributed by atoms with van der Waals surface area (Å²) < 4.78 is 0. The van der Waals surface area contributed by atoms with Gasteiger partial charge in [-0.25, -0.2) is 0 Å². The quantitative estimate of drug-likeness (QED) is 0.614. The molecule has 21 heavy (non-hydrogen) atoms. The molecule has 2 heterocycles. The molecule has 1 atom stereocenters. The van der Waals surface area contributed by atoms with Crippen LogP contribution < -0.4 is 11.1 Å². The highest BCUT2D eigenvalue weighted by Crippen LogP contribution is 2.40. The topological polar surface area (TPSA) is 108 Å². The zero-order valence-corrected chi connectivity index (χ0v) is 11.1. The van der Waals surface area contributed by atoms with E-state index in [1.165, 1.54) is 0 Å². The first-order valence-electron chi connectivity index (χ1n) is 6.49. The molecule has 0 saturated carbocycles. The average molecular weight is 283 g/mol. The number of fused-ring (bicyclic) bond motifs is 1. The van der Waals surface area contributed by atoms with E-state index in [4.69, 9.17) is 5.73 Å². The summed E-state index contributed by atoms with van der Waals surface area (Å²) in [6.45, 7) is 1.08. The van der Waals surface area contributed by atoms with E-state index in [0.29, 0.717) is 24.5 Å². The summed E-state index contributed by atoms with van der Waals surface area (Å²) in [4.78, 5) is 12.7. The molecule has 3 N–H and O–H groups in total. The van der Waals surface area contributed by atoms with Gasteiger partial charge in [0.2, 0.25) is 0 Å². The van der Waals surface area contributed by atoms with Crippen LogP contribution in [-0.4, -0.2) is 22.9 Å². The zero-order chi connectivity index (χ0) is 15.0. The van der Waals surface area contributed by atoms with Crippen LogP contribution in [0.4, 0.5) is 0 Å². The predicted molar refractivity (Wildman–Crippen MR) is 74.7 cm³/mol. The Morgan fingerprint density at radius 2 is 2.14 bits per heavy atom. The van der Waals surface area contributed by atoms with Crippen molar-refractivity contribution >= 4 is 0 Å². The standard InChI is InChI=1S/C14H13N5O2/c15-8-10-11(9-4-2-1-3-5-9)12(19(20)21)14-17-6-7-18(14)13(10)16/h1-5,11,17H,6-7,16H2. The highest BCUT2D eigenvalue weighted by molar-refractivity contribution is 5.49. The Kier molecular flexibility index (Phi) is 2.99. The molecule has 0 amide bonds. The third-order valence-corrected chi connectivity index (χ3v) is 3.72. The fourth-order valence-corrected chi connectivity index (χ4v) is 2.81. The van der Waals surface area contributed by atoms with Crippen LogP contribution in [0, 0.1) is 21.4 Å². The predicted octanol–water partition coefficient (Wildman–Crippen LogP) is 0.829. The van der Waals surface area contributed by atoms with Gasteiger partial charge in [-0.1, -0.05) is 30.3 Å². The minimum absolute atomic E-state index is 0.0237. The van der Waals surface area contributed by atoms with Crippen molar-refractivity contribution < 1.29 is 4.92 Å². The van der Waals surface area contributed by atoms with Gasteiger partial charge in [-0.2, -0.15) is 5.26 Å². The average Bonchev–Trinajstić information content (AvgIpc) is 2.97. The van der Waals surface area contributed by atoms with Gasteiger partial charge in [0.1, 0.15) is 11.7 Å². The number of rotatable bonds is 2. The molecule has 106 valence electrons. The maximum absolute atomic E-state index is 11.6. The second kappa shape index (κ2) is 4.83. The third-order valence-electron chi connectivity index (χ3n) is 3.72. The summed E-state index contributed by atoms with van der Waals surface area (Å²) in [5.41, 5.74) is 6.93. The summed E-state index contributed by atoms with van der Waals surface area (Å²) in [5.74, 6) is -0.0645. The number of nitriles is 1. The normalized spacial score (nSPS) is 20.9. The van der Waals surface area contributed by atoms with Gasteiger partial charge in [0.05, 0.1) is 16.6 Å². The number of hydrogen-bond donors (Lipinski definition) is 2. The van der Waals surface area contributed by atoms with Gasteiger partial charge < -0.3 is 16.0 Å². The number of nitrogens with two attached hydrogens (primary N) is 1. The molecule has 1 aromatic carbocycles. The fraction of sp³-hybridized carbons (Fsp3) is 0.214. The van der Waals surface area contributed by atoms with Gasteiger partial charge in [0.25, 0.3) is 5.70 Å². The largest absolute Gasteiger partial charge is 0.384 e. The Labute approximate surface area is 121 Å². The fourth-order valence-electron chi connectivity index (χ4n) is 2.81. The Morgan fingerprint density at radius 3 is 2.76 bits per heavy atom. The van der Waals surface area contributed by atoms with Crippen LogP contribution in [-0.2, 0) is 0 Å². The first-order chi connectivity index (χ1) is 10.1. The summed E-state index contributed by atoms with van der Waals surface area (Å²) in [6, 6.07) is 11.0. The van der Waals surface area contributed by atoms with Crippen LogP contribution in [0.5, 0.6) is 0 Å². The number of nitrogens with one attached hydrogen (secondary N) is 1. The molecule has 0 aromatic heterocycles. The molecule has 2 aliphatic heterocycles. The molecular formula is C14H13N5O2. The lowest BCUT2D eigenvalue weighted by molar-refractivity contribution is -0.432. The molecule has 1 fully saturated rings. The van der Waals surface area contributed by atoms with E-state index < -0.39 is 10.8 Å². The van der Waals surface area contributed by atoms with Crippen LogP contribution >= 0.6 is 0 Å². The van der Waals surface area contributed by atoms with Crippen molar-refractivity contribution in [1.82, 2.24) is 10.2 Å². The molecule has 3 rings (SSSR count). The number of nitrogens with zero attached hydrogens (tertiary/aromatic N) is 3. The molecule has 7 nitrogen and oxygen atoms in total. The lowest BCUT2D eigenvalue weighted by Crippen LogP contribution is -2.36. The highest BCUT2D eigenvalue weighted by Gasteiger charge is 2.44. The van der Waals surface area contributed by atoms with Gasteiger partial charge in [-0.15, -0.1) is 0 Å². The van der Waals surface area contributed by atoms with E-state index in [0.717, 1.165) is 0 Å². The Hall–Kier alpha value is -3.01. The highest BCUT2D eigenvalue weighted by atomic mass is 16.6. The summed E-state index contributed by atoms with van der Waals surface area (Å²) >= 11 is 0. The molecular weight excluding hydrogens is 270 g/mol. The molecule has 7 heteroatoms. The summed E-state index contributed by atoms with van der Waals surface area (Å²) in [6.07, 6.45) is 0. The summed E-state index contributed by atoms with van der Waals surface area (Å²) in [5, 5.41) is 24.0. The van der Waals surface area contributed by atoms with E-state index in [1.807, 2.05) is 12.1 Å². The van der Waals surface area contributed by atoms with Crippen molar-refractivity contribution in [3.05, 3.63) is 68.9 Å². The van der Waals surface area contributed by atoms with Crippen molar-refractivity contribution in [2.24, 2.45) is 5.73 Å². The molecule has 1 saturated heterocycles. The first kappa shape index (κ1) is 13.0. The number of hydrogen-bond acceptors (Lipinski definition) is 6. The third kappa shape index (κ3) is 1.89. The minimum atomic E-state index is -0.747. The SMILES string of the molecule is N#CC1=C(N)N2CCNC2=C([N+](=O)[O-])C1c1ccccc1. The van der Waals surface area contributed by atoms with Crippen LogP contribution in [0.25, 0.3) is 0 Å². The van der Waals surface area contributed by atoms with Crippen molar-refractivity contribution in [3.63, 3.8) is 0 Å². The second-order valence-electron chi connectivity index (χ2n) is 4.82. The maximum Gasteiger partial charge on any atom is 0.299 e. The lowest BCUT2D eigenvalue weighted by Gasteiger charge is -2.29. The number of nitro groups is 1. The van der Waals surface area contributed by atoms with Gasteiger partial charge in [-0.3, -0.25) is 10.1 Å². The first-order valence-corrected chi connectivity index (χ1v) is 6.49. The van der Waals surface area contributed by atoms with Crippen LogP contribution in [0.15, 0.2) is 53.2 Å². The molecule has 2 aliphatic rings. The van der Waals surface area contributed by atoms with Crippen LogP contribution in [0.1, 0.15) is 11.5 Å². The lowest BCUT2D eigenvalue weighted by atomic mass is 9.86. The molecule has 0 aliphatic carbocycles. The number of benzene rings is 1. The second-order valence-corrected chi connectivity index (χ2v) is 4.82. The smallest absolute Gasteiger partial charge is 0.299 e.